The fourth-order valence-corrected chi connectivity index (χ4v) is 1.68. The summed E-state index contributed by atoms with van der Waals surface area (Å²) in [4.78, 5) is 0. The van der Waals surface area contributed by atoms with E-state index < -0.39 is 0 Å². The summed E-state index contributed by atoms with van der Waals surface area (Å²) in [5.74, 6) is 2.16. The van der Waals surface area contributed by atoms with Gasteiger partial charge < -0.3 is 9.47 Å². The molecule has 0 atom stereocenters. The number of ether oxygens (including phenoxy) is 2. The lowest BCUT2D eigenvalue weighted by Gasteiger charge is -2.15. The van der Waals surface area contributed by atoms with Gasteiger partial charge in [-0.15, -0.1) is 0 Å². The third-order valence-corrected chi connectivity index (χ3v) is 2.59. The van der Waals surface area contributed by atoms with Gasteiger partial charge in [0.15, 0.2) is 11.5 Å². The van der Waals surface area contributed by atoms with E-state index >= 15 is 0 Å². The van der Waals surface area contributed by atoms with Crippen LogP contribution in [0.15, 0.2) is 18.2 Å². The van der Waals surface area contributed by atoms with Gasteiger partial charge in [-0.1, -0.05) is 41.9 Å². The zero-order valence-electron chi connectivity index (χ0n) is 9.42. The zero-order chi connectivity index (χ0) is 11.3. The van der Waals surface area contributed by atoms with Crippen molar-refractivity contribution in [3.05, 3.63) is 23.8 Å². The molecule has 0 bridgehead atoms. The Morgan fingerprint density at radius 3 is 2.60 bits per heavy atom. The number of benzene rings is 1. The smallest absolute Gasteiger partial charge is 0.165 e. The Kier molecular flexibility index (Phi) is 4.95. The van der Waals surface area contributed by atoms with Crippen molar-refractivity contribution in [2.24, 2.45) is 5.92 Å². The second kappa shape index (κ2) is 6.01. The molecule has 1 aromatic rings. The first-order chi connectivity index (χ1) is 7.19. The van der Waals surface area contributed by atoms with Crippen molar-refractivity contribution in [2.45, 2.75) is 19.2 Å². The molecule has 0 saturated heterocycles. The molecule has 0 heterocycles. The van der Waals surface area contributed by atoms with Crippen molar-refractivity contribution >= 4 is 15.9 Å². The van der Waals surface area contributed by atoms with E-state index in [4.69, 9.17) is 9.47 Å². The molecule has 0 fully saturated rings. The van der Waals surface area contributed by atoms with E-state index in [0.717, 1.165) is 22.4 Å². The Balaban J connectivity index is 2.89. The van der Waals surface area contributed by atoms with E-state index in [1.165, 1.54) is 0 Å². The molecular formula is C12H17BrO2. The minimum absolute atomic E-state index is 0.512. The van der Waals surface area contributed by atoms with Gasteiger partial charge in [-0.3, -0.25) is 0 Å². The van der Waals surface area contributed by atoms with Crippen molar-refractivity contribution in [1.29, 1.82) is 0 Å². The van der Waals surface area contributed by atoms with Crippen molar-refractivity contribution < 1.29 is 9.47 Å². The molecule has 0 saturated carbocycles. The number of methoxy groups -OCH3 is 1. The van der Waals surface area contributed by atoms with Crippen LogP contribution in [0.2, 0.25) is 0 Å². The van der Waals surface area contributed by atoms with Gasteiger partial charge in [-0.05, 0) is 12.0 Å². The first-order valence-electron chi connectivity index (χ1n) is 5.03. The maximum Gasteiger partial charge on any atom is 0.165 e. The Bertz CT molecular complexity index is 288. The van der Waals surface area contributed by atoms with Gasteiger partial charge in [-0.2, -0.15) is 0 Å². The first kappa shape index (κ1) is 12.4. The van der Waals surface area contributed by atoms with Crippen LogP contribution >= 0.6 is 15.9 Å². The fraction of sp³-hybridized carbons (Fsp3) is 0.500. The number of rotatable bonds is 5. The molecule has 0 spiro atoms. The minimum atomic E-state index is 0.512. The SMILES string of the molecule is COc1cccc(CBr)c1OCC(C)C. The van der Waals surface area contributed by atoms with Gasteiger partial charge in [-0.25, -0.2) is 0 Å². The lowest BCUT2D eigenvalue weighted by Crippen LogP contribution is -2.07. The average Bonchev–Trinajstić information content (AvgIpc) is 2.25. The van der Waals surface area contributed by atoms with E-state index in [1.54, 1.807) is 7.11 Å². The second-order valence-corrected chi connectivity index (χ2v) is 4.35. The predicted molar refractivity (Wildman–Crippen MR) is 66.0 cm³/mol. The lowest BCUT2D eigenvalue weighted by molar-refractivity contribution is 0.255. The molecule has 0 aliphatic rings. The molecule has 0 aromatic heterocycles. The van der Waals surface area contributed by atoms with E-state index in [2.05, 4.69) is 29.8 Å². The fourth-order valence-electron chi connectivity index (χ4n) is 1.24. The van der Waals surface area contributed by atoms with Gasteiger partial charge in [0.1, 0.15) is 0 Å². The van der Waals surface area contributed by atoms with Gasteiger partial charge in [0.05, 0.1) is 13.7 Å². The van der Waals surface area contributed by atoms with Crippen LogP contribution in [-0.4, -0.2) is 13.7 Å². The van der Waals surface area contributed by atoms with E-state index in [0.29, 0.717) is 12.5 Å². The summed E-state index contributed by atoms with van der Waals surface area (Å²) in [7, 11) is 1.66. The largest absolute Gasteiger partial charge is 0.493 e. The molecule has 0 aliphatic heterocycles. The Labute approximate surface area is 99.7 Å². The average molecular weight is 273 g/mol. The van der Waals surface area contributed by atoms with Crippen LogP contribution in [0.4, 0.5) is 0 Å². The van der Waals surface area contributed by atoms with Crippen molar-refractivity contribution in [1.82, 2.24) is 0 Å². The van der Waals surface area contributed by atoms with Crippen LogP contribution in [0.25, 0.3) is 0 Å². The molecule has 3 heteroatoms. The van der Waals surface area contributed by atoms with Gasteiger partial charge in [0, 0.05) is 10.9 Å². The second-order valence-electron chi connectivity index (χ2n) is 3.79. The Morgan fingerprint density at radius 1 is 1.33 bits per heavy atom. The highest BCUT2D eigenvalue weighted by molar-refractivity contribution is 9.08. The highest BCUT2D eigenvalue weighted by atomic mass is 79.9. The molecule has 15 heavy (non-hydrogen) atoms. The molecular weight excluding hydrogens is 256 g/mol. The number of hydrogen-bond acceptors (Lipinski definition) is 2. The van der Waals surface area contributed by atoms with E-state index in [-0.39, 0.29) is 0 Å². The third-order valence-electron chi connectivity index (χ3n) is 1.99. The van der Waals surface area contributed by atoms with Gasteiger partial charge in [0.2, 0.25) is 0 Å². The number of hydrogen-bond donors (Lipinski definition) is 0. The van der Waals surface area contributed by atoms with Crippen molar-refractivity contribution in [3.8, 4) is 11.5 Å². The normalized spacial score (nSPS) is 10.5. The van der Waals surface area contributed by atoms with Crippen LogP contribution in [0.5, 0.6) is 11.5 Å². The third kappa shape index (κ3) is 3.42. The first-order valence-corrected chi connectivity index (χ1v) is 6.15. The summed E-state index contributed by atoms with van der Waals surface area (Å²) >= 11 is 3.44. The molecule has 1 rings (SSSR count). The number of para-hydroxylation sites is 1. The topological polar surface area (TPSA) is 18.5 Å². The summed E-state index contributed by atoms with van der Waals surface area (Å²) in [5.41, 5.74) is 1.12. The van der Waals surface area contributed by atoms with Crippen LogP contribution in [-0.2, 0) is 5.33 Å². The Hall–Kier alpha value is -0.700. The molecule has 2 nitrogen and oxygen atoms in total. The molecule has 0 aliphatic carbocycles. The molecule has 1 aromatic carbocycles. The van der Waals surface area contributed by atoms with Gasteiger partial charge >= 0.3 is 0 Å². The quantitative estimate of drug-likeness (QED) is 0.763. The standard InChI is InChI=1S/C12H17BrO2/c1-9(2)8-15-12-10(7-13)5-4-6-11(12)14-3/h4-6,9H,7-8H2,1-3H3. The maximum absolute atomic E-state index is 5.76. The molecule has 0 amide bonds. The lowest BCUT2D eigenvalue weighted by atomic mass is 10.2. The summed E-state index contributed by atoms with van der Waals surface area (Å²) in [5, 5.41) is 0.775. The monoisotopic (exact) mass is 272 g/mol. The summed E-state index contributed by atoms with van der Waals surface area (Å²) in [6, 6.07) is 5.92. The maximum atomic E-state index is 5.76. The minimum Gasteiger partial charge on any atom is -0.493 e. The predicted octanol–water partition coefficient (Wildman–Crippen LogP) is 3.62. The van der Waals surface area contributed by atoms with E-state index in [1.807, 2.05) is 18.2 Å². The summed E-state index contributed by atoms with van der Waals surface area (Å²) < 4.78 is 11.0. The molecule has 0 unspecified atom stereocenters. The van der Waals surface area contributed by atoms with Crippen molar-refractivity contribution in [3.63, 3.8) is 0 Å². The van der Waals surface area contributed by atoms with Crippen molar-refractivity contribution in [2.75, 3.05) is 13.7 Å². The zero-order valence-corrected chi connectivity index (χ0v) is 11.0. The van der Waals surface area contributed by atoms with Gasteiger partial charge in [0.25, 0.3) is 0 Å². The molecule has 0 radical (unpaired) electrons. The van der Waals surface area contributed by atoms with E-state index in [9.17, 15) is 0 Å². The van der Waals surface area contributed by atoms with Crippen LogP contribution < -0.4 is 9.47 Å². The summed E-state index contributed by atoms with van der Waals surface area (Å²) in [6.07, 6.45) is 0. The summed E-state index contributed by atoms with van der Waals surface area (Å²) in [6.45, 7) is 4.97. The molecule has 0 N–H and O–H groups in total. The Morgan fingerprint density at radius 2 is 2.07 bits per heavy atom. The van der Waals surface area contributed by atoms with Crippen LogP contribution in [0.1, 0.15) is 19.4 Å². The molecule has 84 valence electrons. The number of halogens is 1. The van der Waals surface area contributed by atoms with Crippen LogP contribution in [0, 0.1) is 5.92 Å². The van der Waals surface area contributed by atoms with Crippen LogP contribution in [0.3, 0.4) is 0 Å². The number of alkyl halides is 1. The highest BCUT2D eigenvalue weighted by Gasteiger charge is 2.09. The highest BCUT2D eigenvalue weighted by Crippen LogP contribution is 2.32.